The lowest BCUT2D eigenvalue weighted by atomic mass is 9.83. The predicted octanol–water partition coefficient (Wildman–Crippen LogP) is 20.2. The predicted molar refractivity (Wildman–Crippen MR) is 323 cm³/mol. The molecule has 15 rings (SSSR count). The molecular weight excluding hydrogens is 917 g/mol. The van der Waals surface area contributed by atoms with Gasteiger partial charge < -0.3 is 9.13 Å². The van der Waals surface area contributed by atoms with Crippen molar-refractivity contribution in [2.24, 2.45) is 0 Å². The Morgan fingerprint density at radius 1 is 0.158 bits per heavy atom. The van der Waals surface area contributed by atoms with Crippen molar-refractivity contribution >= 4 is 65.2 Å². The third-order valence-corrected chi connectivity index (χ3v) is 15.7. The van der Waals surface area contributed by atoms with Gasteiger partial charge in [0.05, 0.1) is 22.1 Å². The maximum atomic E-state index is 2.45. The first-order valence-corrected chi connectivity index (χ1v) is 26.2. The van der Waals surface area contributed by atoms with Gasteiger partial charge in [0, 0.05) is 32.9 Å². The summed E-state index contributed by atoms with van der Waals surface area (Å²) in [6.45, 7) is 0. The summed E-state index contributed by atoms with van der Waals surface area (Å²) in [5, 5.41) is 9.90. The van der Waals surface area contributed by atoms with E-state index in [0.29, 0.717) is 0 Å². The van der Waals surface area contributed by atoms with Gasteiger partial charge in [-0.1, -0.05) is 218 Å². The van der Waals surface area contributed by atoms with E-state index in [0.717, 1.165) is 11.4 Å². The van der Waals surface area contributed by atoms with Crippen LogP contribution in [0.15, 0.2) is 291 Å². The van der Waals surface area contributed by atoms with Gasteiger partial charge >= 0.3 is 0 Å². The molecule has 0 saturated carbocycles. The first-order chi connectivity index (χ1) is 37.7. The zero-order valence-electron chi connectivity index (χ0n) is 41.6. The SMILES string of the molecule is c1ccc(-c2cccc(-c3c4ccc(-c5ccc(-n6c7ccccc7c7ccccc76)cc5)cc4c(-c4cccc(-c5ccccc5)c4)c4ccc(-c5ccc(-n6c7ccccc7c7ccccc76)cc5)cc34)c2)cc1. The van der Waals surface area contributed by atoms with Gasteiger partial charge in [0.2, 0.25) is 0 Å². The standard InChI is InChI=1S/C74H48N2/c1-3-17-49(18-4-1)53-21-15-23-57(45-53)73-65-43-37-56(52-35-41-60(42-36-52)76-71-31-13-9-27-63(71)64-28-10-14-32-72(64)76)48-68(65)74(58-24-16-22-54(46-58)50-19-5-2-6-20-50)66-44-38-55(47-67(66)73)51-33-39-59(40-34-51)75-69-29-11-7-25-61(69)62-26-8-12-30-70(62)75/h1-48H. The van der Waals surface area contributed by atoms with E-state index in [1.165, 1.54) is 132 Å². The molecule has 0 atom stereocenters. The monoisotopic (exact) mass is 964 g/mol. The van der Waals surface area contributed by atoms with Crippen LogP contribution in [0.2, 0.25) is 0 Å². The fraction of sp³-hybridized carbons (Fsp3) is 0. The van der Waals surface area contributed by atoms with Crippen molar-refractivity contribution in [3.63, 3.8) is 0 Å². The maximum absolute atomic E-state index is 2.45. The lowest BCUT2D eigenvalue weighted by molar-refractivity contribution is 1.18. The highest BCUT2D eigenvalue weighted by Crippen LogP contribution is 2.47. The largest absolute Gasteiger partial charge is 0.309 e. The van der Waals surface area contributed by atoms with Crippen LogP contribution in [0.1, 0.15) is 0 Å². The zero-order valence-corrected chi connectivity index (χ0v) is 41.6. The molecular formula is C74H48N2. The highest BCUT2D eigenvalue weighted by Gasteiger charge is 2.21. The second-order valence-electron chi connectivity index (χ2n) is 20.0. The third kappa shape index (κ3) is 7.18. The number of para-hydroxylation sites is 4. The molecule has 0 saturated heterocycles. The Labute approximate surface area is 441 Å². The van der Waals surface area contributed by atoms with Gasteiger partial charge in [-0.3, -0.25) is 0 Å². The number of rotatable bonds is 8. The second-order valence-corrected chi connectivity index (χ2v) is 20.0. The first kappa shape index (κ1) is 43.6. The van der Waals surface area contributed by atoms with Crippen LogP contribution in [0, 0.1) is 0 Å². The zero-order chi connectivity index (χ0) is 50.1. The van der Waals surface area contributed by atoms with E-state index in [-0.39, 0.29) is 0 Å². The smallest absolute Gasteiger partial charge is 0.0541 e. The fourth-order valence-electron chi connectivity index (χ4n) is 12.2. The van der Waals surface area contributed by atoms with Crippen LogP contribution in [0.5, 0.6) is 0 Å². The normalized spacial score (nSPS) is 11.7. The molecule has 0 amide bonds. The Bertz CT molecular complexity index is 4300. The molecule has 2 aromatic heterocycles. The van der Waals surface area contributed by atoms with E-state index in [4.69, 9.17) is 0 Å². The van der Waals surface area contributed by atoms with Crippen molar-refractivity contribution in [2.45, 2.75) is 0 Å². The number of hydrogen-bond acceptors (Lipinski definition) is 0. The van der Waals surface area contributed by atoms with Crippen LogP contribution in [0.25, 0.3) is 143 Å². The van der Waals surface area contributed by atoms with Gasteiger partial charge in [0.1, 0.15) is 0 Å². The minimum absolute atomic E-state index is 1.14. The summed E-state index contributed by atoms with van der Waals surface area (Å²) in [6, 6.07) is 107. The van der Waals surface area contributed by atoms with Crippen molar-refractivity contribution in [3.8, 4) is 78.1 Å². The molecule has 0 aliphatic heterocycles. The number of hydrogen-bond donors (Lipinski definition) is 0. The summed E-state index contributed by atoms with van der Waals surface area (Å²) < 4.78 is 4.78. The van der Waals surface area contributed by atoms with E-state index < -0.39 is 0 Å². The Morgan fingerprint density at radius 3 is 0.803 bits per heavy atom. The molecule has 2 nitrogen and oxygen atoms in total. The molecule has 0 unspecified atom stereocenters. The van der Waals surface area contributed by atoms with Crippen molar-refractivity contribution in [1.82, 2.24) is 9.13 Å². The van der Waals surface area contributed by atoms with E-state index >= 15 is 0 Å². The van der Waals surface area contributed by atoms with Crippen LogP contribution in [0.4, 0.5) is 0 Å². The topological polar surface area (TPSA) is 9.86 Å². The third-order valence-electron chi connectivity index (χ3n) is 15.7. The van der Waals surface area contributed by atoms with Crippen LogP contribution >= 0.6 is 0 Å². The molecule has 354 valence electrons. The van der Waals surface area contributed by atoms with E-state index in [2.05, 4.69) is 300 Å². The summed E-state index contributed by atoms with van der Waals surface area (Å²) in [6.07, 6.45) is 0. The molecule has 0 spiro atoms. The van der Waals surface area contributed by atoms with Crippen LogP contribution in [0.3, 0.4) is 0 Å². The summed E-state index contributed by atoms with van der Waals surface area (Å²) in [7, 11) is 0. The van der Waals surface area contributed by atoms with Gasteiger partial charge in [-0.25, -0.2) is 0 Å². The molecule has 0 fully saturated rings. The van der Waals surface area contributed by atoms with Crippen LogP contribution < -0.4 is 0 Å². The number of benzene rings is 13. The minimum atomic E-state index is 1.14. The van der Waals surface area contributed by atoms with Crippen LogP contribution in [-0.4, -0.2) is 9.13 Å². The van der Waals surface area contributed by atoms with Gasteiger partial charge in [-0.15, -0.1) is 0 Å². The molecule has 0 N–H and O–H groups in total. The molecule has 0 bridgehead atoms. The molecule has 15 aromatic rings. The van der Waals surface area contributed by atoms with Crippen molar-refractivity contribution in [1.29, 1.82) is 0 Å². The average Bonchev–Trinajstić information content (AvgIpc) is 4.05. The molecule has 0 aliphatic rings. The molecule has 13 aromatic carbocycles. The Balaban J connectivity index is 0.945. The van der Waals surface area contributed by atoms with E-state index in [1.54, 1.807) is 0 Å². The van der Waals surface area contributed by atoms with Crippen molar-refractivity contribution in [3.05, 3.63) is 291 Å². The molecule has 2 heterocycles. The highest BCUT2D eigenvalue weighted by molar-refractivity contribution is 6.23. The van der Waals surface area contributed by atoms with Crippen molar-refractivity contribution in [2.75, 3.05) is 0 Å². The molecule has 2 heteroatoms. The summed E-state index contributed by atoms with van der Waals surface area (Å²) in [5.74, 6) is 0. The highest BCUT2D eigenvalue weighted by atomic mass is 15.0. The summed E-state index contributed by atoms with van der Waals surface area (Å²) >= 11 is 0. The number of nitrogens with zero attached hydrogens (tertiary/aromatic N) is 2. The van der Waals surface area contributed by atoms with Gasteiger partial charge in [0.15, 0.2) is 0 Å². The quantitative estimate of drug-likeness (QED) is 0.134. The fourth-order valence-corrected chi connectivity index (χ4v) is 12.2. The van der Waals surface area contributed by atoms with Crippen LogP contribution in [-0.2, 0) is 0 Å². The van der Waals surface area contributed by atoms with Gasteiger partial charge in [0.25, 0.3) is 0 Å². The lowest BCUT2D eigenvalue weighted by Gasteiger charge is -2.20. The van der Waals surface area contributed by atoms with E-state index in [1.807, 2.05) is 0 Å². The summed E-state index contributed by atoms with van der Waals surface area (Å²) in [4.78, 5) is 0. The molecule has 76 heavy (non-hydrogen) atoms. The number of fused-ring (bicyclic) bond motifs is 8. The van der Waals surface area contributed by atoms with Gasteiger partial charge in [-0.2, -0.15) is 0 Å². The Morgan fingerprint density at radius 2 is 0.434 bits per heavy atom. The Hall–Kier alpha value is -10.0. The molecule has 0 radical (unpaired) electrons. The lowest BCUT2D eigenvalue weighted by Crippen LogP contribution is -1.95. The van der Waals surface area contributed by atoms with Gasteiger partial charge in [-0.05, 0) is 161 Å². The average molecular weight is 965 g/mol. The number of aromatic nitrogens is 2. The van der Waals surface area contributed by atoms with Crippen molar-refractivity contribution < 1.29 is 0 Å². The molecule has 0 aliphatic carbocycles. The first-order valence-electron chi connectivity index (χ1n) is 26.2. The minimum Gasteiger partial charge on any atom is -0.309 e. The Kier molecular flexibility index (Phi) is 10.2. The maximum Gasteiger partial charge on any atom is 0.0541 e. The van der Waals surface area contributed by atoms with E-state index in [9.17, 15) is 0 Å². The second kappa shape index (κ2) is 17.9. The summed E-state index contributed by atoms with van der Waals surface area (Å²) in [5.41, 5.74) is 21.4.